The van der Waals surface area contributed by atoms with Gasteiger partial charge in [0.25, 0.3) is 15.9 Å². The maximum Gasteiger partial charge on any atom is 0.262 e. The lowest BCUT2D eigenvalue weighted by Gasteiger charge is -2.12. The summed E-state index contributed by atoms with van der Waals surface area (Å²) in [5.74, 6) is -0.274. The third-order valence-electron chi connectivity index (χ3n) is 3.62. The molecular formula is C18H15IN2O3S2. The molecule has 0 atom stereocenters. The lowest BCUT2D eigenvalue weighted by Crippen LogP contribution is -2.16. The number of thiophene rings is 1. The van der Waals surface area contributed by atoms with E-state index in [1.165, 1.54) is 17.4 Å². The molecule has 26 heavy (non-hydrogen) atoms. The minimum Gasteiger partial charge on any atom is -0.322 e. The first-order valence-electron chi connectivity index (χ1n) is 7.58. The average Bonchev–Trinajstić information content (AvgIpc) is 3.13. The Labute approximate surface area is 169 Å². The number of carbonyl (C=O) groups excluding carboxylic acids is 1. The Morgan fingerprint density at radius 3 is 2.38 bits per heavy atom. The van der Waals surface area contributed by atoms with Gasteiger partial charge >= 0.3 is 0 Å². The summed E-state index contributed by atoms with van der Waals surface area (Å²) in [5, 5.41) is 6.28. The van der Waals surface area contributed by atoms with E-state index in [-0.39, 0.29) is 10.8 Å². The number of hydrogen-bond donors (Lipinski definition) is 2. The number of nitrogens with one attached hydrogen (secondary N) is 2. The number of hydrogen-bond acceptors (Lipinski definition) is 4. The Morgan fingerprint density at radius 2 is 1.73 bits per heavy atom. The van der Waals surface area contributed by atoms with Crippen LogP contribution in [0.3, 0.4) is 0 Å². The summed E-state index contributed by atoms with van der Waals surface area (Å²) < 4.78 is 29.1. The molecule has 134 valence electrons. The van der Waals surface area contributed by atoms with E-state index in [4.69, 9.17) is 0 Å². The molecule has 1 aromatic heterocycles. The highest BCUT2D eigenvalue weighted by Crippen LogP contribution is 2.24. The minimum absolute atomic E-state index is 0.124. The van der Waals surface area contributed by atoms with E-state index in [0.717, 1.165) is 3.57 Å². The van der Waals surface area contributed by atoms with Crippen LogP contribution in [-0.2, 0) is 10.0 Å². The van der Waals surface area contributed by atoms with Crippen molar-refractivity contribution in [2.24, 2.45) is 0 Å². The van der Waals surface area contributed by atoms with E-state index in [2.05, 4.69) is 32.6 Å². The van der Waals surface area contributed by atoms with Gasteiger partial charge in [0.1, 0.15) is 0 Å². The van der Waals surface area contributed by atoms with Crippen LogP contribution in [0.25, 0.3) is 0 Å². The highest BCUT2D eigenvalue weighted by atomic mass is 127. The van der Waals surface area contributed by atoms with Gasteiger partial charge in [-0.15, -0.1) is 0 Å². The van der Waals surface area contributed by atoms with Crippen molar-refractivity contribution >= 4 is 61.2 Å². The van der Waals surface area contributed by atoms with Gasteiger partial charge in [-0.3, -0.25) is 9.52 Å². The number of rotatable bonds is 5. The summed E-state index contributed by atoms with van der Waals surface area (Å²) >= 11 is 3.58. The summed E-state index contributed by atoms with van der Waals surface area (Å²) in [6.07, 6.45) is 0. The van der Waals surface area contributed by atoms with Crippen LogP contribution in [0.4, 0.5) is 11.4 Å². The van der Waals surface area contributed by atoms with Gasteiger partial charge < -0.3 is 5.32 Å². The number of halogens is 1. The smallest absolute Gasteiger partial charge is 0.262 e. The van der Waals surface area contributed by atoms with Crippen molar-refractivity contribution in [3.05, 3.63) is 74.0 Å². The van der Waals surface area contributed by atoms with Crippen LogP contribution >= 0.6 is 33.9 Å². The molecule has 3 rings (SSSR count). The first-order valence-corrected chi connectivity index (χ1v) is 11.1. The van der Waals surface area contributed by atoms with E-state index >= 15 is 0 Å². The first kappa shape index (κ1) is 18.9. The molecule has 0 aliphatic heterocycles. The van der Waals surface area contributed by atoms with Gasteiger partial charge in [0.2, 0.25) is 0 Å². The number of amides is 1. The van der Waals surface area contributed by atoms with E-state index in [0.29, 0.717) is 22.5 Å². The fraction of sp³-hybridized carbons (Fsp3) is 0.0556. The molecule has 0 aliphatic carbocycles. The van der Waals surface area contributed by atoms with Crippen molar-refractivity contribution in [2.45, 2.75) is 11.8 Å². The minimum atomic E-state index is -3.77. The molecule has 0 saturated carbocycles. The van der Waals surface area contributed by atoms with Gasteiger partial charge in [-0.2, -0.15) is 11.3 Å². The summed E-state index contributed by atoms with van der Waals surface area (Å²) in [6.45, 7) is 1.72. The Bertz CT molecular complexity index is 1030. The summed E-state index contributed by atoms with van der Waals surface area (Å²) in [4.78, 5) is 12.3. The molecule has 1 amide bonds. The molecule has 2 aromatic carbocycles. The zero-order valence-corrected chi connectivity index (χ0v) is 17.5. The van der Waals surface area contributed by atoms with Crippen molar-refractivity contribution < 1.29 is 13.2 Å². The van der Waals surface area contributed by atoms with Gasteiger partial charge in [0.05, 0.1) is 10.5 Å². The quantitative estimate of drug-likeness (QED) is 0.501. The molecule has 3 aromatic rings. The SMILES string of the molecule is Cc1ccc(NC(=O)c2ccsc2)cc1S(=O)(=O)Nc1ccc(I)cc1. The van der Waals surface area contributed by atoms with E-state index < -0.39 is 10.0 Å². The third kappa shape index (κ3) is 4.43. The number of anilines is 2. The van der Waals surface area contributed by atoms with Crippen LogP contribution in [0.2, 0.25) is 0 Å². The number of benzene rings is 2. The van der Waals surface area contributed by atoms with Crippen LogP contribution in [0.1, 0.15) is 15.9 Å². The maximum absolute atomic E-state index is 12.7. The van der Waals surface area contributed by atoms with Gasteiger partial charge in [-0.1, -0.05) is 6.07 Å². The zero-order chi connectivity index (χ0) is 18.7. The monoisotopic (exact) mass is 498 g/mol. The predicted octanol–water partition coefficient (Wildman–Crippen LogP) is 4.71. The van der Waals surface area contributed by atoms with E-state index in [1.807, 2.05) is 17.5 Å². The van der Waals surface area contributed by atoms with Gasteiger partial charge in [-0.25, -0.2) is 8.42 Å². The second-order valence-corrected chi connectivity index (χ2v) is 9.24. The molecule has 8 heteroatoms. The predicted molar refractivity (Wildman–Crippen MR) is 113 cm³/mol. The summed E-state index contributed by atoms with van der Waals surface area (Å²) in [7, 11) is -3.77. The highest BCUT2D eigenvalue weighted by Gasteiger charge is 2.18. The first-order chi connectivity index (χ1) is 12.3. The topological polar surface area (TPSA) is 75.3 Å². The normalized spacial score (nSPS) is 11.2. The van der Waals surface area contributed by atoms with Crippen LogP contribution in [0.5, 0.6) is 0 Å². The number of sulfonamides is 1. The van der Waals surface area contributed by atoms with Crippen molar-refractivity contribution in [3.63, 3.8) is 0 Å². The molecule has 0 unspecified atom stereocenters. The van der Waals surface area contributed by atoms with Crippen LogP contribution in [0, 0.1) is 10.5 Å². The second kappa shape index (κ2) is 7.77. The fourth-order valence-electron chi connectivity index (χ4n) is 2.29. The van der Waals surface area contributed by atoms with E-state index in [1.54, 1.807) is 42.6 Å². The lowest BCUT2D eigenvalue weighted by atomic mass is 10.2. The average molecular weight is 498 g/mol. The van der Waals surface area contributed by atoms with Crippen molar-refractivity contribution in [1.82, 2.24) is 0 Å². The highest BCUT2D eigenvalue weighted by molar-refractivity contribution is 14.1. The largest absolute Gasteiger partial charge is 0.322 e. The Hall–Kier alpha value is -1.91. The van der Waals surface area contributed by atoms with Crippen molar-refractivity contribution in [3.8, 4) is 0 Å². The summed E-state index contributed by atoms with van der Waals surface area (Å²) in [6, 6.07) is 13.6. The van der Waals surface area contributed by atoms with Crippen LogP contribution < -0.4 is 10.0 Å². The summed E-state index contributed by atoms with van der Waals surface area (Å²) in [5.41, 5.74) is 2.04. The number of aryl methyl sites for hydroxylation is 1. The van der Waals surface area contributed by atoms with Crippen LogP contribution in [-0.4, -0.2) is 14.3 Å². The van der Waals surface area contributed by atoms with Crippen molar-refractivity contribution in [1.29, 1.82) is 0 Å². The lowest BCUT2D eigenvalue weighted by molar-refractivity contribution is 0.102. The molecule has 0 fully saturated rings. The fourth-order valence-corrected chi connectivity index (χ4v) is 4.62. The Morgan fingerprint density at radius 1 is 1.04 bits per heavy atom. The standard InChI is InChI=1S/C18H15IN2O3S2/c1-12-2-5-16(20-18(22)13-8-9-25-11-13)10-17(12)26(23,24)21-15-6-3-14(19)4-7-15/h2-11,21H,1H3,(H,20,22). The Kier molecular flexibility index (Phi) is 5.64. The molecule has 1 heterocycles. The van der Waals surface area contributed by atoms with Gasteiger partial charge in [-0.05, 0) is 82.9 Å². The molecule has 0 spiro atoms. The molecule has 0 radical (unpaired) electrons. The van der Waals surface area contributed by atoms with Crippen LogP contribution in [0.15, 0.2) is 64.2 Å². The molecule has 5 nitrogen and oxygen atoms in total. The molecule has 0 aliphatic rings. The van der Waals surface area contributed by atoms with Crippen molar-refractivity contribution in [2.75, 3.05) is 10.0 Å². The molecule has 0 bridgehead atoms. The number of carbonyl (C=O) groups is 1. The van der Waals surface area contributed by atoms with Gasteiger partial charge in [0.15, 0.2) is 0 Å². The molecule has 2 N–H and O–H groups in total. The Balaban J connectivity index is 1.86. The zero-order valence-electron chi connectivity index (χ0n) is 13.7. The third-order valence-corrected chi connectivity index (χ3v) is 6.54. The molecular weight excluding hydrogens is 483 g/mol. The van der Waals surface area contributed by atoms with E-state index in [9.17, 15) is 13.2 Å². The second-order valence-electron chi connectivity index (χ2n) is 5.56. The molecule has 0 saturated heterocycles. The van der Waals surface area contributed by atoms with Gasteiger partial charge in [0, 0.05) is 20.3 Å². The maximum atomic E-state index is 12.7.